The molecule has 0 aliphatic carbocycles. The van der Waals surface area contributed by atoms with E-state index in [1.54, 1.807) is 46.3 Å². The minimum absolute atomic E-state index is 0.153. The molecule has 2 aliphatic rings. The van der Waals surface area contributed by atoms with Gasteiger partial charge in [-0.05, 0) is 30.3 Å². The summed E-state index contributed by atoms with van der Waals surface area (Å²) in [5.74, 6) is -0.691. The highest BCUT2D eigenvalue weighted by Gasteiger charge is 2.40. The molecule has 0 saturated carbocycles. The number of nitrogens with one attached hydrogen (secondary N) is 1. The molecule has 4 rings (SSSR count). The zero-order valence-electron chi connectivity index (χ0n) is 13.7. The van der Waals surface area contributed by atoms with E-state index in [-0.39, 0.29) is 24.3 Å². The maximum Gasteiger partial charge on any atom is 0.256 e. The van der Waals surface area contributed by atoms with Gasteiger partial charge in [-0.1, -0.05) is 15.9 Å². The van der Waals surface area contributed by atoms with Gasteiger partial charge in [0.15, 0.2) is 0 Å². The van der Waals surface area contributed by atoms with Gasteiger partial charge in [0, 0.05) is 30.0 Å². The number of amides is 3. The van der Waals surface area contributed by atoms with Crippen molar-refractivity contribution in [2.75, 3.05) is 25.0 Å². The highest BCUT2D eigenvalue weighted by molar-refractivity contribution is 9.10. The lowest BCUT2D eigenvalue weighted by Gasteiger charge is -2.39. The van der Waals surface area contributed by atoms with E-state index in [4.69, 9.17) is 0 Å². The van der Waals surface area contributed by atoms with E-state index >= 15 is 0 Å². The molecule has 1 N–H and O–H groups in total. The molecule has 3 heterocycles. The number of halogens is 1. The molecule has 8 heteroatoms. The summed E-state index contributed by atoms with van der Waals surface area (Å²) in [6.07, 6.45) is 3.10. The van der Waals surface area contributed by atoms with Crippen LogP contribution in [0.5, 0.6) is 0 Å². The molecule has 0 radical (unpaired) electrons. The third-order valence-electron chi connectivity index (χ3n) is 4.61. The zero-order valence-corrected chi connectivity index (χ0v) is 15.3. The van der Waals surface area contributed by atoms with Crippen LogP contribution in [0, 0.1) is 0 Å². The van der Waals surface area contributed by atoms with E-state index in [1.165, 1.54) is 6.20 Å². The largest absolute Gasteiger partial charge is 0.334 e. The monoisotopic (exact) mass is 414 g/mol. The number of fused-ring (bicyclic) bond motifs is 2. The van der Waals surface area contributed by atoms with Crippen LogP contribution in [0.25, 0.3) is 0 Å². The number of carbonyl (C=O) groups is 3. The quantitative estimate of drug-likeness (QED) is 0.770. The summed E-state index contributed by atoms with van der Waals surface area (Å²) in [5.41, 5.74) is 1.40. The van der Waals surface area contributed by atoms with Crippen molar-refractivity contribution < 1.29 is 14.4 Å². The number of pyridine rings is 1. The van der Waals surface area contributed by atoms with Crippen molar-refractivity contribution in [2.24, 2.45) is 0 Å². The molecule has 2 aromatic rings. The Bertz CT molecular complexity index is 903. The average Bonchev–Trinajstić information content (AvgIpc) is 2.77. The number of aromatic nitrogens is 1. The van der Waals surface area contributed by atoms with Crippen molar-refractivity contribution in [3.8, 4) is 0 Å². The molecule has 0 bridgehead atoms. The number of benzene rings is 1. The Morgan fingerprint density at radius 3 is 2.85 bits per heavy atom. The van der Waals surface area contributed by atoms with Crippen molar-refractivity contribution in [1.29, 1.82) is 0 Å². The molecular weight excluding hydrogens is 400 g/mol. The standard InChI is InChI=1S/C18H15BrN4O3/c19-12-3-4-14-13(8-12)18(26)23-7-6-22(10-15(23)16(24)21-14)17(25)11-2-1-5-20-9-11/h1-5,8-9,15H,6-7,10H2,(H,21,24)/t15-/m1/s1. The summed E-state index contributed by atoms with van der Waals surface area (Å²) < 4.78 is 0.766. The van der Waals surface area contributed by atoms with Gasteiger partial charge in [0.05, 0.1) is 23.4 Å². The van der Waals surface area contributed by atoms with Crippen molar-refractivity contribution in [3.05, 3.63) is 58.3 Å². The molecule has 3 amide bonds. The lowest BCUT2D eigenvalue weighted by atomic mass is 10.1. The lowest BCUT2D eigenvalue weighted by Crippen LogP contribution is -2.59. The van der Waals surface area contributed by atoms with E-state index < -0.39 is 6.04 Å². The summed E-state index contributed by atoms with van der Waals surface area (Å²) in [5, 5.41) is 2.81. The zero-order chi connectivity index (χ0) is 18.3. The first-order valence-electron chi connectivity index (χ1n) is 8.15. The number of piperazine rings is 1. The third-order valence-corrected chi connectivity index (χ3v) is 5.10. The fraction of sp³-hybridized carbons (Fsp3) is 0.222. The normalized spacial score (nSPS) is 19.3. The maximum absolute atomic E-state index is 12.9. The molecule has 132 valence electrons. The van der Waals surface area contributed by atoms with Crippen molar-refractivity contribution in [3.63, 3.8) is 0 Å². The Morgan fingerprint density at radius 2 is 2.08 bits per heavy atom. The van der Waals surface area contributed by atoms with Gasteiger partial charge in [0.2, 0.25) is 5.91 Å². The summed E-state index contributed by atoms with van der Waals surface area (Å²) in [6.45, 7) is 0.821. The Hall–Kier alpha value is -2.74. The molecule has 1 aromatic carbocycles. The molecule has 0 spiro atoms. The minimum atomic E-state index is -0.719. The number of nitrogens with zero attached hydrogens (tertiary/aromatic N) is 3. The number of anilines is 1. The summed E-state index contributed by atoms with van der Waals surface area (Å²) >= 11 is 3.36. The Kier molecular flexibility index (Phi) is 4.20. The van der Waals surface area contributed by atoms with Crippen molar-refractivity contribution in [2.45, 2.75) is 6.04 Å². The first kappa shape index (κ1) is 16.7. The van der Waals surface area contributed by atoms with Gasteiger partial charge in [-0.15, -0.1) is 0 Å². The Labute approximate surface area is 158 Å². The Morgan fingerprint density at radius 1 is 1.23 bits per heavy atom. The molecule has 7 nitrogen and oxygen atoms in total. The highest BCUT2D eigenvalue weighted by atomic mass is 79.9. The van der Waals surface area contributed by atoms with Gasteiger partial charge in [0.25, 0.3) is 11.8 Å². The van der Waals surface area contributed by atoms with Gasteiger partial charge in [-0.25, -0.2) is 0 Å². The fourth-order valence-corrected chi connectivity index (χ4v) is 3.64. The first-order valence-corrected chi connectivity index (χ1v) is 8.94. The number of hydrogen-bond acceptors (Lipinski definition) is 4. The summed E-state index contributed by atoms with van der Waals surface area (Å²) in [4.78, 5) is 45.4. The molecule has 1 fully saturated rings. The molecule has 1 saturated heterocycles. The predicted octanol–water partition coefficient (Wildman–Crippen LogP) is 1.76. The van der Waals surface area contributed by atoms with Crippen LogP contribution in [-0.2, 0) is 4.79 Å². The minimum Gasteiger partial charge on any atom is -0.334 e. The molecule has 1 aromatic heterocycles. The topological polar surface area (TPSA) is 82.6 Å². The van der Waals surface area contributed by atoms with Gasteiger partial charge < -0.3 is 15.1 Å². The molecule has 0 unspecified atom stereocenters. The second kappa shape index (κ2) is 6.53. The maximum atomic E-state index is 12.9. The number of rotatable bonds is 1. The van der Waals surface area contributed by atoms with Crippen LogP contribution in [0.2, 0.25) is 0 Å². The van der Waals surface area contributed by atoms with Gasteiger partial charge in [0.1, 0.15) is 6.04 Å². The van der Waals surface area contributed by atoms with Crippen LogP contribution < -0.4 is 5.32 Å². The molecule has 1 atom stereocenters. The van der Waals surface area contributed by atoms with Gasteiger partial charge in [-0.2, -0.15) is 0 Å². The van der Waals surface area contributed by atoms with Gasteiger partial charge in [-0.3, -0.25) is 19.4 Å². The van der Waals surface area contributed by atoms with Crippen LogP contribution in [0.1, 0.15) is 20.7 Å². The van der Waals surface area contributed by atoms with E-state index in [1.807, 2.05) is 0 Å². The number of carbonyl (C=O) groups excluding carboxylic acids is 3. The number of hydrogen-bond donors (Lipinski definition) is 1. The second-order valence-electron chi connectivity index (χ2n) is 6.19. The van der Waals surface area contributed by atoms with Crippen LogP contribution in [0.3, 0.4) is 0 Å². The predicted molar refractivity (Wildman–Crippen MR) is 97.7 cm³/mol. The van der Waals surface area contributed by atoms with Gasteiger partial charge >= 0.3 is 0 Å². The van der Waals surface area contributed by atoms with Crippen molar-refractivity contribution >= 4 is 39.3 Å². The second-order valence-corrected chi connectivity index (χ2v) is 7.10. The van der Waals surface area contributed by atoms with E-state index in [0.29, 0.717) is 29.9 Å². The van der Waals surface area contributed by atoms with Crippen LogP contribution >= 0.6 is 15.9 Å². The van der Waals surface area contributed by atoms with Crippen LogP contribution in [-0.4, -0.2) is 58.2 Å². The smallest absolute Gasteiger partial charge is 0.256 e. The third kappa shape index (κ3) is 2.86. The van der Waals surface area contributed by atoms with E-state index in [9.17, 15) is 14.4 Å². The molecular formula is C18H15BrN4O3. The van der Waals surface area contributed by atoms with E-state index in [0.717, 1.165) is 4.47 Å². The summed E-state index contributed by atoms with van der Waals surface area (Å²) in [7, 11) is 0. The molecule has 26 heavy (non-hydrogen) atoms. The summed E-state index contributed by atoms with van der Waals surface area (Å²) in [6, 6.07) is 7.84. The average molecular weight is 415 g/mol. The van der Waals surface area contributed by atoms with Crippen molar-refractivity contribution in [1.82, 2.24) is 14.8 Å². The highest BCUT2D eigenvalue weighted by Crippen LogP contribution is 2.28. The SMILES string of the molecule is O=C1Nc2ccc(Br)cc2C(=O)N2CCN(C(=O)c3cccnc3)C[C@H]12. The Balaban J connectivity index is 1.61. The van der Waals surface area contributed by atoms with E-state index in [2.05, 4.69) is 26.2 Å². The first-order chi connectivity index (χ1) is 12.5. The fourth-order valence-electron chi connectivity index (χ4n) is 3.28. The lowest BCUT2D eigenvalue weighted by molar-refractivity contribution is -0.121. The van der Waals surface area contributed by atoms with Crippen LogP contribution in [0.4, 0.5) is 5.69 Å². The van der Waals surface area contributed by atoms with Crippen LogP contribution in [0.15, 0.2) is 47.2 Å². The molecule has 2 aliphatic heterocycles.